The Morgan fingerprint density at radius 1 is 0.973 bits per heavy atom. The van der Waals surface area contributed by atoms with Crippen LogP contribution >= 0.6 is 0 Å². The lowest BCUT2D eigenvalue weighted by Crippen LogP contribution is -2.44. The Labute approximate surface area is 213 Å². The van der Waals surface area contributed by atoms with Crippen molar-refractivity contribution in [1.29, 1.82) is 0 Å². The number of rotatable bonds is 7. The fourth-order valence-corrected chi connectivity index (χ4v) is 4.55. The predicted molar refractivity (Wildman–Crippen MR) is 138 cm³/mol. The van der Waals surface area contributed by atoms with Crippen LogP contribution in [0.5, 0.6) is 0 Å². The third-order valence-corrected chi connectivity index (χ3v) is 6.40. The van der Waals surface area contributed by atoms with Crippen LogP contribution in [0.4, 0.5) is 5.69 Å². The number of aliphatic carboxylic acids is 1. The molecule has 2 amide bonds. The van der Waals surface area contributed by atoms with Crippen LogP contribution in [0.2, 0.25) is 0 Å². The highest BCUT2D eigenvalue weighted by Crippen LogP contribution is 2.31. The molecule has 37 heavy (non-hydrogen) atoms. The number of hydrogen-bond donors (Lipinski definition) is 2. The van der Waals surface area contributed by atoms with E-state index in [4.69, 9.17) is 4.42 Å². The van der Waals surface area contributed by atoms with Gasteiger partial charge in [-0.2, -0.15) is 0 Å². The number of anilines is 1. The lowest BCUT2D eigenvalue weighted by atomic mass is 10.00. The van der Waals surface area contributed by atoms with Crippen LogP contribution in [0.15, 0.2) is 83.4 Å². The van der Waals surface area contributed by atoms with Crippen molar-refractivity contribution in [2.24, 2.45) is 5.92 Å². The van der Waals surface area contributed by atoms with Crippen molar-refractivity contribution in [2.75, 3.05) is 5.32 Å². The fourth-order valence-electron chi connectivity index (χ4n) is 4.55. The van der Waals surface area contributed by atoms with E-state index in [0.717, 1.165) is 22.3 Å². The molecule has 186 valence electrons. The van der Waals surface area contributed by atoms with Gasteiger partial charge in [-0.05, 0) is 40.8 Å². The number of amides is 2. The van der Waals surface area contributed by atoms with Crippen LogP contribution in [-0.2, 0) is 11.3 Å². The summed E-state index contributed by atoms with van der Waals surface area (Å²) in [5.41, 5.74) is 4.40. The van der Waals surface area contributed by atoms with E-state index in [1.54, 1.807) is 32.0 Å². The van der Waals surface area contributed by atoms with Gasteiger partial charge in [-0.1, -0.05) is 68.4 Å². The lowest BCUT2D eigenvalue weighted by Gasteiger charge is -2.27. The molecule has 1 atom stereocenters. The fraction of sp³-hybridized carbons (Fsp3) is 0.172. The predicted octanol–water partition coefficient (Wildman–Crippen LogP) is 5.33. The molecule has 8 nitrogen and oxygen atoms in total. The number of aromatic nitrogens is 1. The van der Waals surface area contributed by atoms with Gasteiger partial charge in [-0.15, -0.1) is 0 Å². The quantitative estimate of drug-likeness (QED) is 0.359. The standard InChI is InChI=1S/C29H25N3O5/c1-17(2)25(29(35)36)32-16-21-9-8-20(14-23(21)28(32)34)18-10-12-22(13-11-18)31-26(33)27-30-15-24(37-27)19-6-4-3-5-7-19/h3-15,17,25H,16H2,1-2H3,(H,31,33)(H,35,36)/t25-/m0/s1. The Kier molecular flexibility index (Phi) is 6.31. The second-order valence-electron chi connectivity index (χ2n) is 9.26. The molecule has 2 N–H and O–H groups in total. The molecule has 3 aromatic carbocycles. The van der Waals surface area contributed by atoms with E-state index < -0.39 is 17.9 Å². The Balaban J connectivity index is 1.29. The zero-order valence-corrected chi connectivity index (χ0v) is 20.3. The summed E-state index contributed by atoms with van der Waals surface area (Å²) in [7, 11) is 0. The van der Waals surface area contributed by atoms with Crippen molar-refractivity contribution >= 4 is 23.5 Å². The number of carbonyl (C=O) groups excluding carboxylic acids is 2. The van der Waals surface area contributed by atoms with Crippen molar-refractivity contribution in [3.05, 3.63) is 96.0 Å². The molecule has 5 rings (SSSR count). The van der Waals surface area contributed by atoms with Crippen molar-refractivity contribution < 1.29 is 23.9 Å². The summed E-state index contributed by atoms with van der Waals surface area (Å²) in [6.45, 7) is 3.87. The van der Waals surface area contributed by atoms with Crippen molar-refractivity contribution in [1.82, 2.24) is 9.88 Å². The summed E-state index contributed by atoms with van der Waals surface area (Å²) in [5.74, 6) is -1.48. The molecule has 0 bridgehead atoms. The zero-order chi connectivity index (χ0) is 26.1. The van der Waals surface area contributed by atoms with Crippen LogP contribution in [0.25, 0.3) is 22.5 Å². The van der Waals surface area contributed by atoms with Crippen LogP contribution in [0.3, 0.4) is 0 Å². The van der Waals surface area contributed by atoms with Gasteiger partial charge in [-0.3, -0.25) is 9.59 Å². The molecule has 0 aliphatic carbocycles. The molecule has 1 aromatic heterocycles. The summed E-state index contributed by atoms with van der Waals surface area (Å²) in [5, 5.41) is 12.4. The number of fused-ring (bicyclic) bond motifs is 1. The molecular weight excluding hydrogens is 470 g/mol. The second kappa shape index (κ2) is 9.73. The molecule has 1 aliphatic rings. The maximum Gasteiger partial charge on any atom is 0.326 e. The molecule has 0 spiro atoms. The molecule has 0 radical (unpaired) electrons. The van der Waals surface area contributed by atoms with Crippen molar-refractivity contribution in [3.63, 3.8) is 0 Å². The maximum absolute atomic E-state index is 13.0. The van der Waals surface area contributed by atoms with Crippen LogP contribution in [0, 0.1) is 5.92 Å². The number of carboxylic acids is 1. The van der Waals surface area contributed by atoms with Gasteiger partial charge in [0.15, 0.2) is 5.76 Å². The largest absolute Gasteiger partial charge is 0.480 e. The first kappa shape index (κ1) is 24.0. The first-order chi connectivity index (χ1) is 17.8. The van der Waals surface area contributed by atoms with E-state index in [9.17, 15) is 19.5 Å². The molecule has 1 aliphatic heterocycles. The highest BCUT2D eigenvalue weighted by molar-refractivity contribution is 6.02. The van der Waals surface area contributed by atoms with Crippen LogP contribution in [0.1, 0.15) is 40.5 Å². The van der Waals surface area contributed by atoms with E-state index in [-0.39, 0.29) is 24.3 Å². The highest BCUT2D eigenvalue weighted by Gasteiger charge is 2.38. The van der Waals surface area contributed by atoms with Gasteiger partial charge in [0.2, 0.25) is 0 Å². The molecule has 8 heteroatoms. The van der Waals surface area contributed by atoms with Gasteiger partial charge in [0.1, 0.15) is 6.04 Å². The highest BCUT2D eigenvalue weighted by atomic mass is 16.4. The van der Waals surface area contributed by atoms with E-state index >= 15 is 0 Å². The summed E-state index contributed by atoms with van der Waals surface area (Å²) < 4.78 is 5.61. The van der Waals surface area contributed by atoms with Crippen molar-refractivity contribution in [3.8, 4) is 22.5 Å². The molecule has 0 unspecified atom stereocenters. The average molecular weight is 496 g/mol. The summed E-state index contributed by atoms with van der Waals surface area (Å²) >= 11 is 0. The van der Waals surface area contributed by atoms with E-state index in [2.05, 4.69) is 10.3 Å². The normalized spacial score (nSPS) is 13.5. The average Bonchev–Trinajstić information content (AvgIpc) is 3.50. The Bertz CT molecular complexity index is 1480. The summed E-state index contributed by atoms with van der Waals surface area (Å²) in [6, 6.07) is 21.3. The third kappa shape index (κ3) is 4.73. The monoisotopic (exact) mass is 495 g/mol. The number of benzene rings is 3. The van der Waals surface area contributed by atoms with Gasteiger partial charge in [0.05, 0.1) is 6.20 Å². The van der Waals surface area contributed by atoms with E-state index in [1.165, 1.54) is 11.1 Å². The minimum Gasteiger partial charge on any atom is -0.480 e. The van der Waals surface area contributed by atoms with Gasteiger partial charge in [-0.25, -0.2) is 9.78 Å². The summed E-state index contributed by atoms with van der Waals surface area (Å²) in [6.07, 6.45) is 1.52. The van der Waals surface area contributed by atoms with Crippen LogP contribution < -0.4 is 5.32 Å². The zero-order valence-electron chi connectivity index (χ0n) is 20.3. The summed E-state index contributed by atoms with van der Waals surface area (Å²) in [4.78, 5) is 42.9. The minimum absolute atomic E-state index is 0.0364. The first-order valence-electron chi connectivity index (χ1n) is 11.9. The van der Waals surface area contributed by atoms with E-state index in [0.29, 0.717) is 17.0 Å². The topological polar surface area (TPSA) is 113 Å². The Morgan fingerprint density at radius 3 is 2.35 bits per heavy atom. The van der Waals surface area contributed by atoms with Gasteiger partial charge >= 0.3 is 11.9 Å². The first-order valence-corrected chi connectivity index (χ1v) is 11.9. The number of hydrogen-bond acceptors (Lipinski definition) is 5. The number of carboxylic acid groups (broad SMARTS) is 1. The Morgan fingerprint density at radius 2 is 1.68 bits per heavy atom. The van der Waals surface area contributed by atoms with Gasteiger partial charge in [0, 0.05) is 23.4 Å². The Hall–Kier alpha value is -4.72. The SMILES string of the molecule is CC(C)[C@@H](C(=O)O)N1Cc2ccc(-c3ccc(NC(=O)c4ncc(-c5ccccc5)o4)cc3)cc2C1=O. The van der Waals surface area contributed by atoms with Gasteiger partial charge < -0.3 is 19.7 Å². The van der Waals surface area contributed by atoms with E-state index in [1.807, 2.05) is 54.6 Å². The van der Waals surface area contributed by atoms with Gasteiger partial charge in [0.25, 0.3) is 11.8 Å². The third-order valence-electron chi connectivity index (χ3n) is 6.40. The number of nitrogens with one attached hydrogen (secondary N) is 1. The van der Waals surface area contributed by atoms with Crippen molar-refractivity contribution in [2.45, 2.75) is 26.4 Å². The maximum atomic E-state index is 13.0. The molecular formula is C29H25N3O5. The number of carbonyl (C=O) groups is 3. The molecule has 4 aromatic rings. The smallest absolute Gasteiger partial charge is 0.326 e. The lowest BCUT2D eigenvalue weighted by molar-refractivity contribution is -0.144. The minimum atomic E-state index is -1.00. The van der Waals surface area contributed by atoms with Crippen LogP contribution in [-0.4, -0.2) is 38.8 Å². The second-order valence-corrected chi connectivity index (χ2v) is 9.26. The molecule has 2 heterocycles. The molecule has 0 saturated carbocycles. The number of oxazole rings is 1. The number of nitrogens with zero attached hydrogens (tertiary/aromatic N) is 2. The molecule has 0 fully saturated rings. The molecule has 0 saturated heterocycles.